The molecule has 0 bridgehead atoms. The van der Waals surface area contributed by atoms with Crippen LogP contribution in [0.25, 0.3) is 0 Å². The Kier molecular flexibility index (Phi) is 74.4. The van der Waals surface area contributed by atoms with Gasteiger partial charge in [-0.25, -0.2) is 0 Å². The zero-order valence-corrected chi connectivity index (χ0v) is 58.8. The summed E-state index contributed by atoms with van der Waals surface area (Å²) in [6.07, 6.45) is 101. The van der Waals surface area contributed by atoms with Crippen LogP contribution in [0.5, 0.6) is 0 Å². The molecule has 0 aliphatic carbocycles. The molecule has 87 heavy (non-hydrogen) atoms. The van der Waals surface area contributed by atoms with Gasteiger partial charge in [-0.05, 0) is 89.9 Å². The predicted molar refractivity (Wildman–Crippen MR) is 384 cm³/mol. The molecule has 0 heterocycles. The van der Waals surface area contributed by atoms with Crippen LogP contribution in [0.4, 0.5) is 0 Å². The van der Waals surface area contributed by atoms with E-state index in [4.69, 9.17) is 4.74 Å². The summed E-state index contributed by atoms with van der Waals surface area (Å²) in [5, 5.41) is 23.3. The molecule has 6 nitrogen and oxygen atoms in total. The lowest BCUT2D eigenvalue weighted by atomic mass is 10.0. The number of allylic oxidation sites excluding steroid dienone is 8. The summed E-state index contributed by atoms with van der Waals surface area (Å²) in [6, 6.07) is -0.538. The van der Waals surface area contributed by atoms with Crippen molar-refractivity contribution >= 4 is 11.9 Å². The number of unbranched alkanes of at least 4 members (excludes halogenated alkanes) is 55. The molecule has 2 atom stereocenters. The highest BCUT2D eigenvalue weighted by molar-refractivity contribution is 5.76. The Morgan fingerprint density at radius 1 is 0.322 bits per heavy atom. The molecule has 2 unspecified atom stereocenters. The quantitative estimate of drug-likeness (QED) is 0.0320. The van der Waals surface area contributed by atoms with Crippen molar-refractivity contribution in [3.8, 4) is 0 Å². The first-order chi connectivity index (χ1) is 43.0. The smallest absolute Gasteiger partial charge is 0.305 e. The minimum atomic E-state index is -0.661. The number of carbonyl (C=O) groups excluding carboxylic acids is 2. The summed E-state index contributed by atoms with van der Waals surface area (Å²) in [7, 11) is 0. The summed E-state index contributed by atoms with van der Waals surface area (Å²) in [5.74, 6) is -0.0136. The van der Waals surface area contributed by atoms with Crippen molar-refractivity contribution in [2.24, 2.45) is 0 Å². The van der Waals surface area contributed by atoms with Crippen LogP contribution in [0.2, 0.25) is 0 Å². The van der Waals surface area contributed by atoms with Crippen molar-refractivity contribution in [1.29, 1.82) is 0 Å². The first kappa shape index (κ1) is 84.8. The van der Waals surface area contributed by atoms with Gasteiger partial charge in [0.1, 0.15) is 0 Å². The Labute approximate surface area is 544 Å². The highest BCUT2D eigenvalue weighted by Gasteiger charge is 2.20. The maximum absolute atomic E-state index is 12.5. The lowest BCUT2D eigenvalue weighted by Crippen LogP contribution is -2.45. The normalized spacial score (nSPS) is 12.7. The summed E-state index contributed by atoms with van der Waals surface area (Å²) in [4.78, 5) is 24.6. The lowest BCUT2D eigenvalue weighted by molar-refractivity contribution is -0.143. The van der Waals surface area contributed by atoms with Gasteiger partial charge in [-0.1, -0.05) is 377 Å². The first-order valence-electron chi connectivity index (χ1n) is 39.4. The summed E-state index contributed by atoms with van der Waals surface area (Å²) < 4.78 is 5.51. The maximum Gasteiger partial charge on any atom is 0.305 e. The Bertz CT molecular complexity index is 1450. The molecule has 0 saturated heterocycles. The van der Waals surface area contributed by atoms with Crippen LogP contribution in [-0.2, 0) is 14.3 Å². The molecule has 0 aliphatic rings. The van der Waals surface area contributed by atoms with Crippen molar-refractivity contribution in [2.45, 2.75) is 443 Å². The van der Waals surface area contributed by atoms with Crippen LogP contribution in [0, 0.1) is 0 Å². The van der Waals surface area contributed by atoms with Crippen LogP contribution in [0.1, 0.15) is 431 Å². The van der Waals surface area contributed by atoms with Gasteiger partial charge in [-0.3, -0.25) is 9.59 Å². The van der Waals surface area contributed by atoms with Gasteiger partial charge in [-0.2, -0.15) is 0 Å². The number of amides is 1. The second kappa shape index (κ2) is 76.3. The maximum atomic E-state index is 12.5. The van der Waals surface area contributed by atoms with Gasteiger partial charge in [0, 0.05) is 12.8 Å². The fourth-order valence-corrected chi connectivity index (χ4v) is 12.4. The van der Waals surface area contributed by atoms with Gasteiger partial charge >= 0.3 is 5.97 Å². The van der Waals surface area contributed by atoms with E-state index in [0.29, 0.717) is 25.9 Å². The number of aliphatic hydroxyl groups is 2. The number of hydrogen-bond donors (Lipinski definition) is 3. The molecule has 512 valence electrons. The molecule has 0 rings (SSSR count). The monoisotopic (exact) mass is 1220 g/mol. The number of esters is 1. The molecule has 3 N–H and O–H groups in total. The topological polar surface area (TPSA) is 95.9 Å². The lowest BCUT2D eigenvalue weighted by Gasteiger charge is -2.22. The number of rotatable bonds is 74. The van der Waals surface area contributed by atoms with Gasteiger partial charge in [0.15, 0.2) is 0 Å². The van der Waals surface area contributed by atoms with Crippen molar-refractivity contribution in [3.63, 3.8) is 0 Å². The molecule has 0 aromatic heterocycles. The Morgan fingerprint density at radius 2 is 0.575 bits per heavy atom. The van der Waals surface area contributed by atoms with Crippen LogP contribution in [0.15, 0.2) is 48.6 Å². The van der Waals surface area contributed by atoms with Gasteiger partial charge in [0.05, 0.1) is 25.4 Å². The summed E-state index contributed by atoms with van der Waals surface area (Å²) in [6.45, 7) is 4.95. The largest absolute Gasteiger partial charge is 0.466 e. The van der Waals surface area contributed by atoms with Crippen molar-refractivity contribution in [2.75, 3.05) is 13.2 Å². The molecule has 1 amide bonds. The fraction of sp³-hybridized carbons (Fsp3) is 0.877. The van der Waals surface area contributed by atoms with E-state index in [-0.39, 0.29) is 18.5 Å². The van der Waals surface area contributed by atoms with Gasteiger partial charge in [-0.15, -0.1) is 0 Å². The third kappa shape index (κ3) is 72.8. The number of carbonyl (C=O) groups is 2. The van der Waals surface area contributed by atoms with Crippen LogP contribution < -0.4 is 5.32 Å². The molecular formula is C81H153NO5. The van der Waals surface area contributed by atoms with Crippen LogP contribution in [-0.4, -0.2) is 47.4 Å². The molecule has 0 aromatic carbocycles. The van der Waals surface area contributed by atoms with E-state index in [1.54, 1.807) is 0 Å². The fourth-order valence-electron chi connectivity index (χ4n) is 12.4. The third-order valence-corrected chi connectivity index (χ3v) is 18.4. The molecule has 0 spiro atoms. The molecule has 0 saturated carbocycles. The van der Waals surface area contributed by atoms with E-state index in [2.05, 4.69) is 67.8 Å². The number of aliphatic hydroxyl groups excluding tert-OH is 2. The molecule has 0 radical (unpaired) electrons. The first-order valence-corrected chi connectivity index (χ1v) is 39.4. The van der Waals surface area contributed by atoms with E-state index in [1.807, 2.05) is 0 Å². The standard InChI is InChI=1S/C81H153NO5/c1-3-5-7-9-11-13-15-17-18-19-41-45-48-51-55-59-63-67-71-75-81(86)87-76-72-68-64-60-56-52-49-46-43-40-38-36-34-32-30-28-26-24-22-20-21-23-25-27-29-31-33-35-37-39-42-44-47-50-54-58-62-66-70-74-80(85)82-78(77-83)79(84)73-69-65-61-57-53-16-14-12-10-8-6-4-2/h11,13,17-18,20-21,24,26,78-79,83-84H,3-10,12,14-16,19,22-23,25,27-77H2,1-2H3,(H,82,85)/b13-11-,18-17-,21-20-,26-24-. The van der Waals surface area contributed by atoms with E-state index < -0.39 is 12.1 Å². The second-order valence-electron chi connectivity index (χ2n) is 27.0. The molecule has 0 aromatic rings. The minimum Gasteiger partial charge on any atom is -0.466 e. The average molecular weight is 1220 g/mol. The Balaban J connectivity index is 3.33. The van der Waals surface area contributed by atoms with Crippen LogP contribution >= 0.6 is 0 Å². The predicted octanol–water partition coefficient (Wildman–Crippen LogP) is 26.0. The number of ether oxygens (including phenoxy) is 1. The molecule has 0 fully saturated rings. The van der Waals surface area contributed by atoms with E-state index in [1.165, 1.54) is 340 Å². The molecular weight excluding hydrogens is 1070 g/mol. The van der Waals surface area contributed by atoms with Crippen LogP contribution in [0.3, 0.4) is 0 Å². The Morgan fingerprint density at radius 3 is 0.897 bits per heavy atom. The minimum absolute atomic E-state index is 0.0169. The number of hydrogen-bond acceptors (Lipinski definition) is 5. The van der Waals surface area contributed by atoms with E-state index in [0.717, 1.165) is 57.8 Å². The average Bonchev–Trinajstić information content (AvgIpc) is 3.54. The molecule has 0 aliphatic heterocycles. The van der Waals surface area contributed by atoms with Gasteiger partial charge in [0.2, 0.25) is 5.91 Å². The second-order valence-corrected chi connectivity index (χ2v) is 27.0. The van der Waals surface area contributed by atoms with Crippen molar-refractivity contribution in [1.82, 2.24) is 5.32 Å². The van der Waals surface area contributed by atoms with Crippen molar-refractivity contribution in [3.05, 3.63) is 48.6 Å². The summed E-state index contributed by atoms with van der Waals surface area (Å²) >= 11 is 0. The van der Waals surface area contributed by atoms with Crippen molar-refractivity contribution < 1.29 is 24.5 Å². The highest BCUT2D eigenvalue weighted by Crippen LogP contribution is 2.19. The molecule has 6 heteroatoms. The summed E-state index contributed by atoms with van der Waals surface area (Å²) in [5.41, 5.74) is 0. The zero-order valence-electron chi connectivity index (χ0n) is 58.8. The van der Waals surface area contributed by atoms with Gasteiger partial charge < -0.3 is 20.3 Å². The SMILES string of the molecule is CCCCC/C=C\C/C=C\CCCCCCCCCCCC(=O)OCCCCCCCCCCCCCCCCC/C=C\C/C=C\CCCCCCCCCCCCCCCCCCCC(=O)NC(CO)C(O)CCCCCCCCCCCCCC. The van der Waals surface area contributed by atoms with E-state index >= 15 is 0 Å². The van der Waals surface area contributed by atoms with Gasteiger partial charge in [0.25, 0.3) is 0 Å². The highest BCUT2D eigenvalue weighted by atomic mass is 16.5. The number of nitrogens with one attached hydrogen (secondary N) is 1. The zero-order chi connectivity index (χ0) is 62.8. The Hall–Kier alpha value is -2.18. The third-order valence-electron chi connectivity index (χ3n) is 18.4. The van der Waals surface area contributed by atoms with E-state index in [9.17, 15) is 19.8 Å².